The van der Waals surface area contributed by atoms with Crippen LogP contribution >= 0.6 is 11.3 Å². The first kappa shape index (κ1) is 24.0. The zero-order valence-electron chi connectivity index (χ0n) is 19.2. The van der Waals surface area contributed by atoms with Crippen LogP contribution in [0, 0.1) is 10.1 Å². The van der Waals surface area contributed by atoms with Gasteiger partial charge in [0.1, 0.15) is 0 Å². The minimum atomic E-state index is -0.410. The lowest BCUT2D eigenvalue weighted by Gasteiger charge is -2.26. The average Bonchev–Trinajstić information content (AvgIpc) is 3.28. The van der Waals surface area contributed by atoms with Crippen molar-refractivity contribution >= 4 is 22.9 Å². The van der Waals surface area contributed by atoms with E-state index in [9.17, 15) is 14.9 Å². The van der Waals surface area contributed by atoms with Crippen molar-refractivity contribution in [1.29, 1.82) is 0 Å². The van der Waals surface area contributed by atoms with Crippen molar-refractivity contribution in [3.8, 4) is 21.7 Å². The van der Waals surface area contributed by atoms with Crippen LogP contribution < -0.4 is 5.32 Å². The van der Waals surface area contributed by atoms with Crippen LogP contribution in [-0.4, -0.2) is 60.1 Å². The first-order valence-electron chi connectivity index (χ1n) is 11.5. The number of carbonyl (C=O) groups is 1. The maximum Gasteiger partial charge on any atom is 0.270 e. The number of nitro benzene ring substituents is 1. The van der Waals surface area contributed by atoms with E-state index in [4.69, 9.17) is 4.74 Å². The molecule has 8 nitrogen and oxygen atoms in total. The highest BCUT2D eigenvalue weighted by Gasteiger charge is 2.26. The highest BCUT2D eigenvalue weighted by Crippen LogP contribution is 2.42. The molecule has 0 aliphatic carbocycles. The molecule has 3 heterocycles. The summed E-state index contributed by atoms with van der Waals surface area (Å²) in [5.74, 6) is -0.180. The summed E-state index contributed by atoms with van der Waals surface area (Å²) in [5.41, 5.74) is 2.68. The standard InChI is InChI=1S/C25H28N4O4S/c1-2-21-22(18-7-5-8-19(17-18)29(31)32)23(24(34-21)20-9-3-4-10-26-20)25(30)27-11-6-12-28-13-15-33-16-14-28/h3-5,7-10,17H,2,6,11-16H2,1H3,(H,27,30). The maximum atomic E-state index is 13.5. The molecule has 4 rings (SSSR count). The van der Waals surface area contributed by atoms with Crippen molar-refractivity contribution in [2.24, 2.45) is 0 Å². The number of aryl methyl sites for hydroxylation is 1. The molecular weight excluding hydrogens is 452 g/mol. The van der Waals surface area contributed by atoms with Crippen LogP contribution in [0.5, 0.6) is 0 Å². The van der Waals surface area contributed by atoms with Gasteiger partial charge in [0.25, 0.3) is 11.6 Å². The number of benzene rings is 1. The lowest BCUT2D eigenvalue weighted by atomic mass is 9.97. The number of aromatic nitrogens is 1. The predicted molar refractivity (Wildman–Crippen MR) is 133 cm³/mol. The van der Waals surface area contributed by atoms with Gasteiger partial charge in [-0.3, -0.25) is 24.8 Å². The number of nitrogens with one attached hydrogen (secondary N) is 1. The third-order valence-corrected chi connectivity index (χ3v) is 7.17. The number of carbonyl (C=O) groups excluding carboxylic acids is 1. The molecule has 1 aromatic carbocycles. The summed E-state index contributed by atoms with van der Waals surface area (Å²) in [6, 6.07) is 12.1. The highest BCUT2D eigenvalue weighted by atomic mass is 32.1. The molecule has 34 heavy (non-hydrogen) atoms. The number of hydrogen-bond acceptors (Lipinski definition) is 7. The van der Waals surface area contributed by atoms with E-state index in [2.05, 4.69) is 15.2 Å². The number of amides is 1. The number of pyridine rings is 1. The second kappa shape index (κ2) is 11.3. The third kappa shape index (κ3) is 5.49. The molecule has 1 fully saturated rings. The Bertz CT molecular complexity index is 1140. The number of ether oxygens (including phenoxy) is 1. The molecule has 2 aromatic heterocycles. The maximum absolute atomic E-state index is 13.5. The minimum absolute atomic E-state index is 0.00186. The molecule has 1 aliphatic rings. The first-order valence-corrected chi connectivity index (χ1v) is 12.3. The van der Waals surface area contributed by atoms with E-state index in [0.29, 0.717) is 24.1 Å². The summed E-state index contributed by atoms with van der Waals surface area (Å²) in [7, 11) is 0. The van der Waals surface area contributed by atoms with E-state index in [1.165, 1.54) is 17.4 Å². The first-order chi connectivity index (χ1) is 16.6. The normalized spacial score (nSPS) is 14.1. The van der Waals surface area contributed by atoms with Gasteiger partial charge in [-0.2, -0.15) is 0 Å². The number of nitro groups is 1. The van der Waals surface area contributed by atoms with Gasteiger partial charge in [-0.15, -0.1) is 11.3 Å². The third-order valence-electron chi connectivity index (χ3n) is 5.81. The van der Waals surface area contributed by atoms with Crippen molar-refractivity contribution in [2.75, 3.05) is 39.4 Å². The second-order valence-corrected chi connectivity index (χ2v) is 9.15. The van der Waals surface area contributed by atoms with Gasteiger partial charge in [-0.25, -0.2) is 0 Å². The quantitative estimate of drug-likeness (QED) is 0.277. The Labute approximate surface area is 202 Å². The Morgan fingerprint density at radius 1 is 1.24 bits per heavy atom. The summed E-state index contributed by atoms with van der Waals surface area (Å²) in [6.07, 6.45) is 3.24. The zero-order chi connectivity index (χ0) is 23.9. The van der Waals surface area contributed by atoms with Gasteiger partial charge in [-0.1, -0.05) is 25.1 Å². The molecule has 9 heteroatoms. The molecule has 3 aromatic rings. The highest BCUT2D eigenvalue weighted by molar-refractivity contribution is 7.16. The molecule has 0 bridgehead atoms. The van der Waals surface area contributed by atoms with E-state index < -0.39 is 4.92 Å². The number of morpholine rings is 1. The van der Waals surface area contributed by atoms with Crippen LogP contribution in [-0.2, 0) is 11.2 Å². The van der Waals surface area contributed by atoms with Crippen LogP contribution in [0.25, 0.3) is 21.7 Å². The second-order valence-electron chi connectivity index (χ2n) is 8.04. The van der Waals surface area contributed by atoms with Gasteiger partial charge < -0.3 is 10.1 Å². The van der Waals surface area contributed by atoms with Crippen molar-refractivity contribution in [3.05, 3.63) is 69.2 Å². The predicted octanol–water partition coefficient (Wildman–Crippen LogP) is 4.40. The van der Waals surface area contributed by atoms with Gasteiger partial charge >= 0.3 is 0 Å². The van der Waals surface area contributed by atoms with E-state index in [-0.39, 0.29) is 11.6 Å². The van der Waals surface area contributed by atoms with Gasteiger partial charge in [0, 0.05) is 48.4 Å². The largest absolute Gasteiger partial charge is 0.379 e. The summed E-state index contributed by atoms with van der Waals surface area (Å²) in [6.45, 7) is 6.81. The number of hydrogen-bond donors (Lipinski definition) is 1. The number of thiophene rings is 1. The number of non-ortho nitro benzene ring substituents is 1. The Morgan fingerprint density at radius 3 is 2.76 bits per heavy atom. The Hall–Kier alpha value is -3.14. The van der Waals surface area contributed by atoms with Crippen LogP contribution in [0.2, 0.25) is 0 Å². The van der Waals surface area contributed by atoms with Crippen LogP contribution in [0.4, 0.5) is 5.69 Å². The van der Waals surface area contributed by atoms with Gasteiger partial charge in [-0.05, 0) is 37.1 Å². The molecule has 178 valence electrons. The van der Waals surface area contributed by atoms with Crippen LogP contribution in [0.3, 0.4) is 0 Å². The van der Waals surface area contributed by atoms with E-state index in [1.54, 1.807) is 18.3 Å². The van der Waals surface area contributed by atoms with Crippen molar-refractivity contribution in [1.82, 2.24) is 15.2 Å². The van der Waals surface area contributed by atoms with Crippen LogP contribution in [0.15, 0.2) is 48.7 Å². The molecule has 0 radical (unpaired) electrons. The van der Waals surface area contributed by atoms with Crippen molar-refractivity contribution in [3.63, 3.8) is 0 Å². The van der Waals surface area contributed by atoms with E-state index in [1.807, 2.05) is 31.2 Å². The van der Waals surface area contributed by atoms with Crippen molar-refractivity contribution < 1.29 is 14.5 Å². The SMILES string of the molecule is CCc1sc(-c2ccccn2)c(C(=O)NCCCN2CCOCC2)c1-c1cccc([N+](=O)[O-])c1. The topological polar surface area (TPSA) is 97.6 Å². The lowest BCUT2D eigenvalue weighted by Crippen LogP contribution is -2.38. The average molecular weight is 481 g/mol. The zero-order valence-corrected chi connectivity index (χ0v) is 20.0. The summed E-state index contributed by atoms with van der Waals surface area (Å²) in [4.78, 5) is 33.1. The molecular formula is C25H28N4O4S. The molecule has 0 atom stereocenters. The fourth-order valence-electron chi connectivity index (χ4n) is 4.12. The summed E-state index contributed by atoms with van der Waals surface area (Å²) in [5, 5.41) is 14.5. The monoisotopic (exact) mass is 480 g/mol. The Kier molecular flexibility index (Phi) is 7.99. The Balaban J connectivity index is 1.65. The van der Waals surface area contributed by atoms with Gasteiger partial charge in [0.2, 0.25) is 0 Å². The minimum Gasteiger partial charge on any atom is -0.379 e. The van der Waals surface area contributed by atoms with Crippen molar-refractivity contribution in [2.45, 2.75) is 19.8 Å². The summed E-state index contributed by atoms with van der Waals surface area (Å²) < 4.78 is 5.39. The van der Waals surface area contributed by atoms with Gasteiger partial charge in [0.15, 0.2) is 0 Å². The molecule has 1 N–H and O–H groups in total. The van der Waals surface area contributed by atoms with E-state index in [0.717, 1.165) is 60.3 Å². The lowest BCUT2D eigenvalue weighted by molar-refractivity contribution is -0.384. The molecule has 1 saturated heterocycles. The van der Waals surface area contributed by atoms with Gasteiger partial charge in [0.05, 0.1) is 34.3 Å². The molecule has 0 spiro atoms. The number of nitrogens with zero attached hydrogens (tertiary/aromatic N) is 3. The molecule has 0 saturated carbocycles. The fraction of sp³-hybridized carbons (Fsp3) is 0.360. The smallest absolute Gasteiger partial charge is 0.270 e. The fourth-order valence-corrected chi connectivity index (χ4v) is 5.35. The number of rotatable bonds is 9. The summed E-state index contributed by atoms with van der Waals surface area (Å²) >= 11 is 1.52. The molecule has 1 aliphatic heterocycles. The van der Waals surface area contributed by atoms with E-state index >= 15 is 0 Å². The van der Waals surface area contributed by atoms with Crippen LogP contribution in [0.1, 0.15) is 28.6 Å². The Morgan fingerprint density at radius 2 is 2.06 bits per heavy atom. The molecule has 1 amide bonds. The molecule has 0 unspecified atom stereocenters.